The topological polar surface area (TPSA) is 67.6 Å². The first-order valence-electron chi connectivity index (χ1n) is 8.45. The van der Waals surface area contributed by atoms with Crippen LogP contribution in [0.25, 0.3) is 0 Å². The van der Waals surface area contributed by atoms with E-state index in [0.29, 0.717) is 37.8 Å². The summed E-state index contributed by atoms with van der Waals surface area (Å²) in [6, 6.07) is 5.26. The molecule has 0 radical (unpaired) electrons. The molecule has 1 N–H and O–H groups in total. The normalized spacial score (nSPS) is 18.6. The average Bonchev–Trinajstić information content (AvgIpc) is 3.07. The van der Waals surface area contributed by atoms with Crippen LogP contribution in [0.5, 0.6) is 0 Å². The summed E-state index contributed by atoms with van der Waals surface area (Å²) in [6.07, 6.45) is -3.37. The van der Waals surface area contributed by atoms with Crippen LogP contribution in [-0.4, -0.2) is 52.4 Å². The van der Waals surface area contributed by atoms with Crippen LogP contribution in [0.1, 0.15) is 23.1 Å². The molecular formula is C17H21F3N6O. The molecule has 0 amide bonds. The molecular weight excluding hydrogens is 361 g/mol. The minimum atomic E-state index is -4.38. The van der Waals surface area contributed by atoms with E-state index >= 15 is 0 Å². The van der Waals surface area contributed by atoms with E-state index in [1.165, 1.54) is 12.4 Å². The predicted molar refractivity (Wildman–Crippen MR) is 92.9 cm³/mol. The summed E-state index contributed by atoms with van der Waals surface area (Å²) in [5, 5.41) is 7.22. The molecule has 0 saturated carbocycles. The molecule has 10 heteroatoms. The molecule has 0 aliphatic carbocycles. The van der Waals surface area contributed by atoms with Crippen molar-refractivity contribution in [3.05, 3.63) is 47.5 Å². The minimum Gasteiger partial charge on any atom is -0.370 e. The molecule has 2 heterocycles. The Hall–Kier alpha value is -2.62. The maximum Gasteiger partial charge on any atom is 0.416 e. The van der Waals surface area contributed by atoms with Gasteiger partial charge >= 0.3 is 6.18 Å². The molecule has 1 saturated heterocycles. The number of hydrogen-bond acceptors (Lipinski definition) is 4. The van der Waals surface area contributed by atoms with Gasteiger partial charge in [-0.1, -0.05) is 12.1 Å². The molecule has 1 aliphatic heterocycles. The molecule has 2 aromatic rings. The first kappa shape index (κ1) is 19.2. The summed E-state index contributed by atoms with van der Waals surface area (Å²) in [5.74, 6) is 1.39. The van der Waals surface area contributed by atoms with Gasteiger partial charge in [-0.25, -0.2) is 4.98 Å². The first-order chi connectivity index (χ1) is 12.9. The van der Waals surface area contributed by atoms with Crippen molar-refractivity contribution in [3.63, 3.8) is 0 Å². The lowest BCUT2D eigenvalue weighted by atomic mass is 10.0. The van der Waals surface area contributed by atoms with Crippen LogP contribution in [-0.2, 0) is 24.5 Å². The Bertz CT molecular complexity index is 804. The van der Waals surface area contributed by atoms with Crippen LogP contribution < -0.4 is 5.32 Å². The van der Waals surface area contributed by atoms with Crippen molar-refractivity contribution >= 4 is 5.96 Å². The number of morpholine rings is 1. The monoisotopic (exact) mass is 382 g/mol. The second-order valence-electron chi connectivity index (χ2n) is 6.13. The summed E-state index contributed by atoms with van der Waals surface area (Å²) in [5.41, 5.74) is -0.177. The van der Waals surface area contributed by atoms with Crippen molar-refractivity contribution in [1.82, 2.24) is 25.0 Å². The van der Waals surface area contributed by atoms with E-state index in [-0.39, 0.29) is 0 Å². The molecule has 1 fully saturated rings. The van der Waals surface area contributed by atoms with Gasteiger partial charge in [0.1, 0.15) is 18.3 Å². The van der Waals surface area contributed by atoms with Gasteiger partial charge in [0, 0.05) is 20.6 Å². The molecule has 1 aromatic carbocycles. The Morgan fingerprint density at radius 3 is 2.89 bits per heavy atom. The number of aliphatic imine (C=N–C) groups is 1. The van der Waals surface area contributed by atoms with Gasteiger partial charge in [-0.3, -0.25) is 9.67 Å². The molecule has 1 aliphatic rings. The van der Waals surface area contributed by atoms with Crippen molar-refractivity contribution < 1.29 is 17.9 Å². The second-order valence-corrected chi connectivity index (χ2v) is 6.13. The number of rotatable bonds is 3. The molecule has 1 unspecified atom stereocenters. The van der Waals surface area contributed by atoms with Gasteiger partial charge in [-0.15, -0.1) is 0 Å². The summed E-state index contributed by atoms with van der Waals surface area (Å²) in [7, 11) is 3.46. The maximum absolute atomic E-state index is 13.0. The van der Waals surface area contributed by atoms with Crippen molar-refractivity contribution in [2.75, 3.05) is 26.7 Å². The maximum atomic E-state index is 13.0. The van der Waals surface area contributed by atoms with E-state index in [0.717, 1.165) is 18.0 Å². The standard InChI is InChI=1S/C17H21F3N6O/c1-21-16(22-9-15-23-11-24-25(15)2)26-6-7-27-14(10-26)12-4-3-5-13(8-12)17(18,19)20/h3-5,8,11,14H,6-7,9-10H2,1-2H3,(H,21,22). The fraction of sp³-hybridized carbons (Fsp3) is 0.471. The van der Waals surface area contributed by atoms with Gasteiger partial charge in [0.05, 0.1) is 25.3 Å². The Morgan fingerprint density at radius 2 is 2.22 bits per heavy atom. The van der Waals surface area contributed by atoms with Gasteiger partial charge in [0.15, 0.2) is 5.96 Å². The number of nitrogens with zero attached hydrogens (tertiary/aromatic N) is 5. The van der Waals surface area contributed by atoms with Crippen LogP contribution >= 0.6 is 0 Å². The average molecular weight is 382 g/mol. The lowest BCUT2D eigenvalue weighted by Gasteiger charge is -2.35. The number of ether oxygens (including phenoxy) is 1. The number of halogens is 3. The highest BCUT2D eigenvalue weighted by Gasteiger charge is 2.32. The summed E-state index contributed by atoms with van der Waals surface area (Å²) < 4.78 is 46.3. The van der Waals surface area contributed by atoms with Crippen molar-refractivity contribution in [1.29, 1.82) is 0 Å². The predicted octanol–water partition coefficient (Wildman–Crippen LogP) is 1.98. The molecule has 0 spiro atoms. The van der Waals surface area contributed by atoms with Gasteiger partial charge in [0.25, 0.3) is 0 Å². The highest BCUT2D eigenvalue weighted by molar-refractivity contribution is 5.80. The lowest BCUT2D eigenvalue weighted by molar-refractivity contribution is -0.137. The molecule has 0 bridgehead atoms. The van der Waals surface area contributed by atoms with Crippen LogP contribution in [0.3, 0.4) is 0 Å². The summed E-state index contributed by atoms with van der Waals surface area (Å²) >= 11 is 0. The fourth-order valence-electron chi connectivity index (χ4n) is 2.93. The Balaban J connectivity index is 1.68. The van der Waals surface area contributed by atoms with Crippen LogP contribution in [0.4, 0.5) is 13.2 Å². The number of aryl methyl sites for hydroxylation is 1. The van der Waals surface area contributed by atoms with E-state index in [1.807, 2.05) is 4.90 Å². The molecule has 27 heavy (non-hydrogen) atoms. The zero-order valence-electron chi connectivity index (χ0n) is 15.1. The highest BCUT2D eigenvalue weighted by Crippen LogP contribution is 2.32. The van der Waals surface area contributed by atoms with Gasteiger partial charge in [-0.2, -0.15) is 18.3 Å². The van der Waals surface area contributed by atoms with E-state index < -0.39 is 17.8 Å². The number of benzene rings is 1. The number of guanidine groups is 1. The molecule has 1 aromatic heterocycles. The number of alkyl halides is 3. The third kappa shape index (κ3) is 4.57. The Labute approximate surface area is 154 Å². The van der Waals surface area contributed by atoms with Crippen molar-refractivity contribution in [2.45, 2.75) is 18.8 Å². The van der Waals surface area contributed by atoms with Crippen LogP contribution in [0, 0.1) is 0 Å². The van der Waals surface area contributed by atoms with Crippen molar-refractivity contribution in [3.8, 4) is 0 Å². The number of aromatic nitrogens is 3. The van der Waals surface area contributed by atoms with E-state index in [1.54, 1.807) is 24.8 Å². The molecule has 7 nitrogen and oxygen atoms in total. The number of hydrogen-bond donors (Lipinski definition) is 1. The van der Waals surface area contributed by atoms with Gasteiger partial charge in [-0.05, 0) is 17.7 Å². The Morgan fingerprint density at radius 1 is 1.41 bits per heavy atom. The van der Waals surface area contributed by atoms with E-state index in [4.69, 9.17) is 4.74 Å². The molecule has 3 rings (SSSR count). The third-order valence-electron chi connectivity index (χ3n) is 4.37. The SMILES string of the molecule is CN=C(NCc1ncnn1C)N1CCOC(c2cccc(C(F)(F)F)c2)C1. The van der Waals surface area contributed by atoms with Gasteiger partial charge < -0.3 is 15.0 Å². The second kappa shape index (κ2) is 7.95. The molecule has 1 atom stereocenters. The largest absolute Gasteiger partial charge is 0.416 e. The van der Waals surface area contributed by atoms with E-state index in [2.05, 4.69) is 20.4 Å². The minimum absolute atomic E-state index is 0.394. The third-order valence-corrected chi connectivity index (χ3v) is 4.37. The lowest BCUT2D eigenvalue weighted by Crippen LogP contribution is -2.48. The van der Waals surface area contributed by atoms with Crippen LogP contribution in [0.2, 0.25) is 0 Å². The summed E-state index contributed by atoms with van der Waals surface area (Å²) in [6.45, 7) is 1.83. The van der Waals surface area contributed by atoms with E-state index in [9.17, 15) is 13.2 Å². The highest BCUT2D eigenvalue weighted by atomic mass is 19.4. The quantitative estimate of drug-likeness (QED) is 0.650. The zero-order chi connectivity index (χ0) is 19.4. The Kier molecular flexibility index (Phi) is 5.64. The summed E-state index contributed by atoms with van der Waals surface area (Å²) in [4.78, 5) is 10.4. The van der Waals surface area contributed by atoms with Crippen molar-refractivity contribution in [2.24, 2.45) is 12.0 Å². The molecule has 146 valence electrons. The van der Waals surface area contributed by atoms with Gasteiger partial charge in [0.2, 0.25) is 0 Å². The smallest absolute Gasteiger partial charge is 0.370 e. The first-order valence-corrected chi connectivity index (χ1v) is 8.45. The zero-order valence-corrected chi connectivity index (χ0v) is 15.1. The van der Waals surface area contributed by atoms with Crippen LogP contribution in [0.15, 0.2) is 35.6 Å². The fourth-order valence-corrected chi connectivity index (χ4v) is 2.93. The number of nitrogens with one attached hydrogen (secondary N) is 1.